The third-order valence-electron chi connectivity index (χ3n) is 4.17. The smallest absolute Gasteiger partial charge is 0.287 e. The largest absolute Gasteiger partial charge is 0.479 e. The quantitative estimate of drug-likeness (QED) is 0.661. The van der Waals surface area contributed by atoms with Crippen molar-refractivity contribution in [3.05, 3.63) is 45.2 Å². The first-order valence-corrected chi connectivity index (χ1v) is 9.17. The summed E-state index contributed by atoms with van der Waals surface area (Å²) in [6.45, 7) is 9.93. The fraction of sp³-hybridized carbons (Fsp3) is 0.474. The molecule has 0 spiro atoms. The molecule has 0 aliphatic rings. The number of nitrogens with zero attached hydrogens (tertiary/aromatic N) is 2. The van der Waals surface area contributed by atoms with E-state index in [0.717, 1.165) is 29.8 Å². The first-order valence-electron chi connectivity index (χ1n) is 8.41. The highest BCUT2D eigenvalue weighted by atomic mass is 35.5. The summed E-state index contributed by atoms with van der Waals surface area (Å²) in [4.78, 5) is 12.8. The average Bonchev–Trinajstić information content (AvgIpc) is 2.81. The number of aryl methyl sites for hydroxylation is 1. The topological polar surface area (TPSA) is 44.1 Å². The van der Waals surface area contributed by atoms with E-state index in [4.69, 9.17) is 27.9 Å². The summed E-state index contributed by atoms with van der Waals surface area (Å²) >= 11 is 12.0. The predicted octanol–water partition coefficient (Wildman–Crippen LogP) is 5.50. The highest BCUT2D eigenvalue weighted by Crippen LogP contribution is 2.28. The number of rotatable bonds is 6. The zero-order chi connectivity index (χ0) is 18.7. The Balaban J connectivity index is 2.18. The molecule has 25 heavy (non-hydrogen) atoms. The van der Waals surface area contributed by atoms with Crippen LogP contribution < -0.4 is 4.74 Å². The van der Waals surface area contributed by atoms with Crippen LogP contribution in [0, 0.1) is 19.8 Å². The van der Waals surface area contributed by atoms with Gasteiger partial charge in [0.15, 0.2) is 6.10 Å². The lowest BCUT2D eigenvalue weighted by Crippen LogP contribution is -2.31. The van der Waals surface area contributed by atoms with E-state index in [0.29, 0.717) is 21.7 Å². The molecule has 0 bridgehead atoms. The predicted molar refractivity (Wildman–Crippen MR) is 102 cm³/mol. The van der Waals surface area contributed by atoms with Crippen LogP contribution in [0.25, 0.3) is 0 Å². The minimum Gasteiger partial charge on any atom is -0.479 e. The molecule has 1 aromatic carbocycles. The number of carbonyl (C=O) groups excluding carboxylic acids is 1. The van der Waals surface area contributed by atoms with Gasteiger partial charge in [-0.05, 0) is 63.3 Å². The zero-order valence-corrected chi connectivity index (χ0v) is 16.8. The second kappa shape index (κ2) is 8.24. The van der Waals surface area contributed by atoms with E-state index in [2.05, 4.69) is 18.9 Å². The van der Waals surface area contributed by atoms with Gasteiger partial charge in [0.25, 0.3) is 5.91 Å². The van der Waals surface area contributed by atoms with Crippen molar-refractivity contribution in [2.24, 2.45) is 5.92 Å². The number of halogens is 2. The van der Waals surface area contributed by atoms with Crippen molar-refractivity contribution >= 4 is 29.1 Å². The molecule has 0 aliphatic heterocycles. The van der Waals surface area contributed by atoms with Gasteiger partial charge in [-0.25, -0.2) is 4.68 Å². The van der Waals surface area contributed by atoms with E-state index in [1.807, 2.05) is 13.8 Å². The second-order valence-corrected chi connectivity index (χ2v) is 7.51. The maximum Gasteiger partial charge on any atom is 0.287 e. The van der Waals surface area contributed by atoms with Crippen molar-refractivity contribution < 1.29 is 9.53 Å². The number of aromatic nitrogens is 2. The van der Waals surface area contributed by atoms with Crippen LogP contribution in [0.3, 0.4) is 0 Å². The number of hydrogen-bond acceptors (Lipinski definition) is 3. The molecule has 6 heteroatoms. The third kappa shape index (κ3) is 4.77. The zero-order valence-electron chi connectivity index (χ0n) is 15.3. The summed E-state index contributed by atoms with van der Waals surface area (Å²) in [5.41, 5.74) is 2.91. The maximum atomic E-state index is 12.8. The van der Waals surface area contributed by atoms with E-state index in [1.165, 1.54) is 4.68 Å². The van der Waals surface area contributed by atoms with Crippen LogP contribution in [0.4, 0.5) is 0 Å². The van der Waals surface area contributed by atoms with E-state index in [9.17, 15) is 4.79 Å². The van der Waals surface area contributed by atoms with Gasteiger partial charge in [0, 0.05) is 10.7 Å². The Morgan fingerprint density at radius 3 is 2.52 bits per heavy atom. The van der Waals surface area contributed by atoms with Gasteiger partial charge < -0.3 is 4.74 Å². The van der Waals surface area contributed by atoms with E-state index in [1.54, 1.807) is 25.1 Å². The normalized spacial score (nSPS) is 12.5. The van der Waals surface area contributed by atoms with Gasteiger partial charge in [0.2, 0.25) is 0 Å². The van der Waals surface area contributed by atoms with Crippen LogP contribution in [0.1, 0.15) is 48.9 Å². The molecule has 1 unspecified atom stereocenters. The molecule has 4 nitrogen and oxygen atoms in total. The second-order valence-electron chi connectivity index (χ2n) is 6.67. The fourth-order valence-electron chi connectivity index (χ4n) is 2.67. The average molecular weight is 383 g/mol. The molecule has 0 aliphatic carbocycles. The number of ether oxygens (including phenoxy) is 1. The molecule has 0 saturated carbocycles. The molecule has 0 fully saturated rings. The Morgan fingerprint density at radius 1 is 1.24 bits per heavy atom. The number of carbonyl (C=O) groups is 1. The molecule has 2 rings (SSSR count). The summed E-state index contributed by atoms with van der Waals surface area (Å²) in [5.74, 6) is 0.808. The van der Waals surface area contributed by atoms with E-state index in [-0.39, 0.29) is 5.91 Å². The Morgan fingerprint density at radius 2 is 1.92 bits per heavy atom. The highest BCUT2D eigenvalue weighted by Gasteiger charge is 2.23. The van der Waals surface area contributed by atoms with Crippen molar-refractivity contribution in [3.63, 3.8) is 0 Å². The van der Waals surface area contributed by atoms with Crippen molar-refractivity contribution in [3.8, 4) is 5.75 Å². The van der Waals surface area contributed by atoms with Crippen LogP contribution in [0.15, 0.2) is 18.2 Å². The Labute approximate surface area is 159 Å². The van der Waals surface area contributed by atoms with Gasteiger partial charge in [-0.15, -0.1) is 0 Å². The molecular formula is C19H24Cl2N2O2. The molecular weight excluding hydrogens is 359 g/mol. The van der Waals surface area contributed by atoms with Crippen LogP contribution in [0.5, 0.6) is 5.75 Å². The van der Waals surface area contributed by atoms with Gasteiger partial charge in [0.05, 0.1) is 10.7 Å². The van der Waals surface area contributed by atoms with Gasteiger partial charge in [-0.1, -0.05) is 37.0 Å². The van der Waals surface area contributed by atoms with Gasteiger partial charge in [0.1, 0.15) is 5.75 Å². The van der Waals surface area contributed by atoms with Crippen molar-refractivity contribution in [1.82, 2.24) is 9.78 Å². The number of benzene rings is 1. The lowest BCUT2D eigenvalue weighted by Gasteiger charge is -2.15. The molecule has 0 saturated heterocycles. The molecule has 1 heterocycles. The Hall–Kier alpha value is -1.52. The fourth-order valence-corrected chi connectivity index (χ4v) is 3.12. The molecule has 1 atom stereocenters. The molecule has 0 N–H and O–H groups in total. The molecule has 0 amide bonds. The maximum absolute atomic E-state index is 12.8. The molecule has 136 valence electrons. The first-order chi connectivity index (χ1) is 11.7. The van der Waals surface area contributed by atoms with Gasteiger partial charge >= 0.3 is 0 Å². The van der Waals surface area contributed by atoms with Crippen LogP contribution in [-0.2, 0) is 6.42 Å². The van der Waals surface area contributed by atoms with Crippen LogP contribution in [-0.4, -0.2) is 21.8 Å². The lowest BCUT2D eigenvalue weighted by atomic mass is 10.0. The summed E-state index contributed by atoms with van der Waals surface area (Å²) in [6.07, 6.45) is 1.27. The van der Waals surface area contributed by atoms with Crippen molar-refractivity contribution in [1.29, 1.82) is 0 Å². The minimum atomic E-state index is -0.713. The van der Waals surface area contributed by atoms with Crippen molar-refractivity contribution in [2.45, 2.75) is 53.6 Å². The monoisotopic (exact) mass is 382 g/mol. The SMILES string of the molecule is Cc1nn(C(=O)C(C)Oc2ccc(Cl)cc2Cl)c(C)c1CCC(C)C. The summed E-state index contributed by atoms with van der Waals surface area (Å²) < 4.78 is 7.16. The lowest BCUT2D eigenvalue weighted by molar-refractivity contribution is 0.0707. The van der Waals surface area contributed by atoms with Gasteiger partial charge in [-0.2, -0.15) is 5.10 Å². The third-order valence-corrected chi connectivity index (χ3v) is 4.70. The first kappa shape index (κ1) is 19.8. The van der Waals surface area contributed by atoms with E-state index >= 15 is 0 Å². The van der Waals surface area contributed by atoms with Gasteiger partial charge in [-0.3, -0.25) is 4.79 Å². The Kier molecular flexibility index (Phi) is 6.53. The summed E-state index contributed by atoms with van der Waals surface area (Å²) in [7, 11) is 0. The standard InChI is InChI=1S/C19H24Cl2N2O2/c1-11(2)6-8-16-12(3)22-23(13(16)4)19(24)14(5)25-18-9-7-15(20)10-17(18)21/h7,9-11,14H,6,8H2,1-5H3. The molecule has 0 radical (unpaired) electrons. The van der Waals surface area contributed by atoms with Crippen LogP contribution >= 0.6 is 23.2 Å². The Bertz CT molecular complexity index is 769. The molecule has 2 aromatic rings. The summed E-state index contributed by atoms with van der Waals surface area (Å²) in [5, 5.41) is 5.31. The summed E-state index contributed by atoms with van der Waals surface area (Å²) in [6, 6.07) is 4.92. The van der Waals surface area contributed by atoms with E-state index < -0.39 is 6.10 Å². The molecule has 1 aromatic heterocycles. The highest BCUT2D eigenvalue weighted by molar-refractivity contribution is 6.35. The van der Waals surface area contributed by atoms with Crippen LogP contribution in [0.2, 0.25) is 10.0 Å². The number of hydrogen-bond donors (Lipinski definition) is 0. The van der Waals surface area contributed by atoms with Crippen molar-refractivity contribution in [2.75, 3.05) is 0 Å². The minimum absolute atomic E-state index is 0.220.